The molecule has 4 heterocycles. The summed E-state index contributed by atoms with van der Waals surface area (Å²) in [7, 11) is 0. The molecule has 77 heavy (non-hydrogen) atoms. The van der Waals surface area contributed by atoms with Gasteiger partial charge in [-0.25, -0.2) is 8.78 Å². The van der Waals surface area contributed by atoms with Crippen molar-refractivity contribution in [1.29, 1.82) is 0 Å². The summed E-state index contributed by atoms with van der Waals surface area (Å²) < 4.78 is 38.0. The second kappa shape index (κ2) is 25.5. The van der Waals surface area contributed by atoms with Gasteiger partial charge in [-0.15, -0.1) is 0 Å². The van der Waals surface area contributed by atoms with E-state index >= 15 is 0 Å². The van der Waals surface area contributed by atoms with Gasteiger partial charge in [0.05, 0.1) is 58.1 Å². The molecule has 19 heteroatoms. The van der Waals surface area contributed by atoms with Crippen molar-refractivity contribution in [3.8, 4) is 34.0 Å². The Morgan fingerprint density at radius 2 is 1.01 bits per heavy atom. The average Bonchev–Trinajstić information content (AvgIpc) is 4.34. The SMILES string of the molecule is O=C(N[C@H](CN1CCCC1)[C@H](O)c1ccc(OC2CC2)c(Cl)c1)/C(=N/O)c1ccc(-c2ccc(F)cn2)cc1.O=C(N[C@H](CN1CCCC1)[C@H](O)c1ccc(OC2CC2)c(Cl)c1)C(=O)c1ccc(-c2ccc(F)cn2)cc1. The van der Waals surface area contributed by atoms with Gasteiger partial charge in [0.25, 0.3) is 11.8 Å². The molecule has 402 valence electrons. The van der Waals surface area contributed by atoms with Gasteiger partial charge in [-0.1, -0.05) is 89.0 Å². The van der Waals surface area contributed by atoms with Crippen molar-refractivity contribution < 1.29 is 48.1 Å². The highest BCUT2D eigenvalue weighted by atomic mass is 35.5. The summed E-state index contributed by atoms with van der Waals surface area (Å²) in [6, 6.07) is 27.6. The maximum atomic E-state index is 13.3. The maximum Gasteiger partial charge on any atom is 0.292 e. The van der Waals surface area contributed by atoms with Crippen molar-refractivity contribution in [1.82, 2.24) is 30.4 Å². The van der Waals surface area contributed by atoms with Gasteiger partial charge >= 0.3 is 0 Å². The van der Waals surface area contributed by atoms with E-state index in [0.29, 0.717) is 73.8 Å². The minimum absolute atomic E-state index is 0.192. The zero-order valence-corrected chi connectivity index (χ0v) is 43.6. The highest BCUT2D eigenvalue weighted by molar-refractivity contribution is 6.45. The van der Waals surface area contributed by atoms with Crippen LogP contribution in [0.1, 0.15) is 90.6 Å². The number of aliphatic hydroxyl groups is 2. The first-order valence-corrected chi connectivity index (χ1v) is 26.6. The number of ketones is 1. The van der Waals surface area contributed by atoms with Gasteiger partial charge in [-0.2, -0.15) is 0 Å². The van der Waals surface area contributed by atoms with Gasteiger partial charge in [-0.05, 0) is 137 Å². The van der Waals surface area contributed by atoms with E-state index < -0.39 is 53.5 Å². The van der Waals surface area contributed by atoms with E-state index in [9.17, 15) is 38.6 Å². The Labute approximate surface area is 454 Å². The van der Waals surface area contributed by atoms with Crippen molar-refractivity contribution in [3.63, 3.8) is 0 Å². The van der Waals surface area contributed by atoms with Crippen LogP contribution in [0.15, 0.2) is 127 Å². The molecule has 6 aromatic rings. The lowest BCUT2D eigenvalue weighted by Crippen LogP contribution is -2.48. The molecule has 5 N–H and O–H groups in total. The van der Waals surface area contributed by atoms with Gasteiger partial charge in [0.15, 0.2) is 5.71 Å². The van der Waals surface area contributed by atoms with Crippen LogP contribution in [0.25, 0.3) is 22.5 Å². The van der Waals surface area contributed by atoms with E-state index in [1.165, 1.54) is 24.3 Å². The largest absolute Gasteiger partial charge is 0.489 e. The van der Waals surface area contributed by atoms with E-state index in [2.05, 4.69) is 35.6 Å². The summed E-state index contributed by atoms with van der Waals surface area (Å²) in [5.41, 5.74) is 3.98. The second-order valence-electron chi connectivity index (χ2n) is 19.7. The van der Waals surface area contributed by atoms with Crippen LogP contribution in [0.4, 0.5) is 8.78 Å². The summed E-state index contributed by atoms with van der Waals surface area (Å²) in [5, 5.41) is 42.0. The molecule has 15 nitrogen and oxygen atoms in total. The molecule has 2 aromatic heterocycles. The third kappa shape index (κ3) is 14.8. The normalized spacial score (nSPS) is 17.4. The fraction of sp³-hybridized carbons (Fsp3) is 0.345. The van der Waals surface area contributed by atoms with Gasteiger partial charge < -0.3 is 45.3 Å². The number of amides is 2. The smallest absolute Gasteiger partial charge is 0.292 e. The molecule has 4 fully saturated rings. The lowest BCUT2D eigenvalue weighted by molar-refractivity contribution is -0.118. The molecule has 0 bridgehead atoms. The van der Waals surface area contributed by atoms with E-state index in [-0.39, 0.29) is 23.5 Å². The Balaban J connectivity index is 0.000000188. The summed E-state index contributed by atoms with van der Waals surface area (Å²) in [6.07, 6.45) is 8.71. The number of nitrogens with zero attached hydrogens (tertiary/aromatic N) is 5. The number of Topliss-reactive ketones (excluding diaryl/α,β-unsaturated/α-hetero) is 1. The number of oxime groups is 1. The molecule has 10 rings (SSSR count). The molecule has 2 aliphatic heterocycles. The Bertz CT molecular complexity index is 3030. The summed E-state index contributed by atoms with van der Waals surface area (Å²) >= 11 is 12.8. The van der Waals surface area contributed by atoms with Gasteiger partial charge in [0, 0.05) is 35.3 Å². The zero-order chi connectivity index (χ0) is 54.0. The van der Waals surface area contributed by atoms with Crippen LogP contribution in [0.3, 0.4) is 0 Å². The average molecular weight is 1090 g/mol. The number of hydrogen-bond donors (Lipinski definition) is 5. The number of benzene rings is 4. The number of carbonyl (C=O) groups excluding carboxylic acids is 3. The van der Waals surface area contributed by atoms with Crippen LogP contribution in [-0.4, -0.2) is 122 Å². The number of likely N-dealkylation sites (tertiary alicyclic amines) is 2. The molecule has 4 atom stereocenters. The number of nitrogens with one attached hydrogen (secondary N) is 2. The van der Waals surface area contributed by atoms with Gasteiger partial charge in [0.2, 0.25) is 5.78 Å². The first-order chi connectivity index (χ1) is 37.3. The van der Waals surface area contributed by atoms with Crippen LogP contribution in [0.5, 0.6) is 11.5 Å². The lowest BCUT2D eigenvalue weighted by Gasteiger charge is -2.29. The topological polar surface area (TPSA) is 199 Å². The molecule has 2 saturated heterocycles. The summed E-state index contributed by atoms with van der Waals surface area (Å²) in [5.74, 6) is -1.88. The van der Waals surface area contributed by atoms with E-state index in [1.54, 1.807) is 84.9 Å². The number of aliphatic hydroxyl groups excluding tert-OH is 2. The fourth-order valence-electron chi connectivity index (χ4n) is 9.24. The third-order valence-corrected chi connectivity index (χ3v) is 14.4. The third-order valence-electron chi connectivity index (χ3n) is 13.8. The predicted molar refractivity (Wildman–Crippen MR) is 287 cm³/mol. The molecular weight excluding hydrogens is 1030 g/mol. The molecule has 2 aliphatic carbocycles. The lowest BCUT2D eigenvalue weighted by atomic mass is 10.00. The summed E-state index contributed by atoms with van der Waals surface area (Å²) in [4.78, 5) is 51.7. The molecule has 4 aliphatic rings. The monoisotopic (exact) mass is 1090 g/mol. The zero-order valence-electron chi connectivity index (χ0n) is 42.0. The van der Waals surface area contributed by atoms with Crippen molar-refractivity contribution in [2.45, 2.75) is 87.9 Å². The van der Waals surface area contributed by atoms with Crippen LogP contribution in [-0.2, 0) is 9.59 Å². The number of carbonyl (C=O) groups is 3. The van der Waals surface area contributed by atoms with Crippen molar-refractivity contribution in [2.75, 3.05) is 39.3 Å². The number of rotatable bonds is 20. The molecule has 0 radical (unpaired) electrons. The predicted octanol–water partition coefficient (Wildman–Crippen LogP) is 9.15. The summed E-state index contributed by atoms with van der Waals surface area (Å²) in [6.45, 7) is 4.27. The first-order valence-electron chi connectivity index (χ1n) is 25.8. The van der Waals surface area contributed by atoms with Gasteiger partial charge in [-0.3, -0.25) is 24.4 Å². The maximum absolute atomic E-state index is 13.3. The highest BCUT2D eigenvalue weighted by Gasteiger charge is 2.32. The Hall–Kier alpha value is -6.86. The molecule has 2 saturated carbocycles. The van der Waals surface area contributed by atoms with E-state index in [1.807, 2.05) is 0 Å². The molecule has 0 spiro atoms. The number of halogens is 4. The minimum atomic E-state index is -1.08. The van der Waals surface area contributed by atoms with E-state index in [0.717, 1.165) is 89.9 Å². The van der Waals surface area contributed by atoms with Gasteiger partial charge in [0.1, 0.15) is 35.3 Å². The Morgan fingerprint density at radius 1 is 0.597 bits per heavy atom. The van der Waals surface area contributed by atoms with Crippen molar-refractivity contribution in [3.05, 3.63) is 166 Å². The second-order valence-corrected chi connectivity index (χ2v) is 20.5. The molecule has 0 unspecified atom stereocenters. The van der Waals surface area contributed by atoms with E-state index in [4.69, 9.17) is 32.7 Å². The number of aromatic nitrogens is 2. The van der Waals surface area contributed by atoms with Crippen LogP contribution in [0, 0.1) is 11.6 Å². The Morgan fingerprint density at radius 3 is 1.39 bits per heavy atom. The number of hydrogen-bond acceptors (Lipinski definition) is 13. The number of pyridine rings is 2. The van der Waals surface area contributed by atoms with Crippen LogP contribution >= 0.6 is 23.2 Å². The van der Waals surface area contributed by atoms with Crippen molar-refractivity contribution in [2.24, 2.45) is 5.16 Å². The minimum Gasteiger partial charge on any atom is -0.489 e. The standard InChI is InChI=1S/C29H30ClFN4O4.C29H29ClFN3O4/c30-23-15-20(7-12-26(23)39-22-9-10-22)28(36)25(17-35-13-1-2-14-35)33-29(37)27(34-38)19-5-3-18(4-6-19)24-11-8-21(31)16-32-24;30-23-15-20(7-12-26(23)38-22-9-10-22)27(35)25(17-34-13-1-2-14-34)33-29(37)28(36)19-5-3-18(4-6-19)24-11-8-21(31)16-32-24/h3-8,11-12,15-16,22,25,28,36,38H,1-2,9-10,13-14,17H2,(H,33,37);3-8,11-12,15-16,22,25,27,35H,1-2,9-10,13-14,17H2,(H,33,37)/b34-27+;/t25-,28-;25-,27-/m11/s1. The molecule has 4 aromatic carbocycles. The van der Waals surface area contributed by atoms with Crippen molar-refractivity contribution >= 4 is 46.5 Å². The number of ether oxygens (including phenoxy) is 2. The van der Waals surface area contributed by atoms with Crippen LogP contribution in [0.2, 0.25) is 10.0 Å². The molecular formula is C58H59Cl2F2N7O8. The first kappa shape index (κ1) is 54.9. The quantitative estimate of drug-likeness (QED) is 0.0160. The highest BCUT2D eigenvalue weighted by Crippen LogP contribution is 2.36. The fourth-order valence-corrected chi connectivity index (χ4v) is 9.71. The Kier molecular flexibility index (Phi) is 18.2. The van der Waals surface area contributed by atoms with Crippen LogP contribution < -0.4 is 20.1 Å². The molecule has 2 amide bonds.